The fourth-order valence-corrected chi connectivity index (χ4v) is 3.05. The van der Waals surface area contributed by atoms with E-state index in [1.54, 1.807) is 11.0 Å². The molecule has 1 heterocycles. The van der Waals surface area contributed by atoms with Crippen molar-refractivity contribution in [3.63, 3.8) is 0 Å². The third kappa shape index (κ3) is 1.82. The van der Waals surface area contributed by atoms with Crippen LogP contribution >= 0.6 is 0 Å². The Hall–Kier alpha value is -2.15. The summed E-state index contributed by atoms with van der Waals surface area (Å²) >= 11 is 0. The minimum absolute atomic E-state index is 0.0936. The van der Waals surface area contributed by atoms with E-state index < -0.39 is 11.7 Å². The summed E-state index contributed by atoms with van der Waals surface area (Å²) in [6.45, 7) is 4.34. The molecule has 102 valence electrons. The number of aryl methyl sites for hydroxylation is 2. The number of hydrogen-bond acceptors (Lipinski definition) is 3. The van der Waals surface area contributed by atoms with Crippen molar-refractivity contribution in [3.05, 3.63) is 28.8 Å². The maximum Gasteiger partial charge on any atom is 0.299 e. The molecular formula is C16H16N2O2. The molecular weight excluding hydrogens is 252 g/mol. The molecule has 1 aromatic rings. The standard InChI is InChI=1S/C16H16N2O2/c1-10-7-11(2)13-12(8-10)14(19)15(20)18(13)9-16(3-4-16)5-6-17/h7-8H,3-5,9H2,1-2H3. The lowest BCUT2D eigenvalue weighted by Crippen LogP contribution is -2.35. The van der Waals surface area contributed by atoms with Crippen molar-refractivity contribution in [1.29, 1.82) is 5.26 Å². The number of benzene rings is 1. The van der Waals surface area contributed by atoms with E-state index in [1.807, 2.05) is 19.9 Å². The van der Waals surface area contributed by atoms with Gasteiger partial charge in [-0.15, -0.1) is 0 Å². The van der Waals surface area contributed by atoms with Gasteiger partial charge in [-0.25, -0.2) is 0 Å². The number of nitrogens with zero attached hydrogens (tertiary/aromatic N) is 2. The SMILES string of the molecule is Cc1cc(C)c2c(c1)C(=O)C(=O)N2CC1(CC#N)CC1. The minimum atomic E-state index is -0.446. The van der Waals surface area contributed by atoms with Crippen molar-refractivity contribution < 1.29 is 9.59 Å². The maximum absolute atomic E-state index is 12.2. The lowest BCUT2D eigenvalue weighted by atomic mass is 10.0. The number of Topliss-reactive ketones (excluding diaryl/α,β-unsaturated/α-hetero) is 1. The first kappa shape index (κ1) is 12.9. The Bertz CT molecular complexity index is 666. The summed E-state index contributed by atoms with van der Waals surface area (Å²) in [4.78, 5) is 25.9. The first-order valence-corrected chi connectivity index (χ1v) is 6.82. The number of rotatable bonds is 3. The summed E-state index contributed by atoms with van der Waals surface area (Å²) in [7, 11) is 0. The second kappa shape index (κ2) is 4.17. The highest BCUT2D eigenvalue weighted by Gasteiger charge is 2.48. The van der Waals surface area contributed by atoms with E-state index in [2.05, 4.69) is 6.07 Å². The fraction of sp³-hybridized carbons (Fsp3) is 0.438. The van der Waals surface area contributed by atoms with Gasteiger partial charge in [-0.2, -0.15) is 5.26 Å². The summed E-state index contributed by atoms with van der Waals surface area (Å²) in [5, 5.41) is 8.90. The minimum Gasteiger partial charge on any atom is -0.304 e. The first-order valence-electron chi connectivity index (χ1n) is 6.82. The van der Waals surface area contributed by atoms with Gasteiger partial charge in [0.25, 0.3) is 11.7 Å². The van der Waals surface area contributed by atoms with Crippen molar-refractivity contribution in [1.82, 2.24) is 0 Å². The Kier molecular flexibility index (Phi) is 2.68. The molecule has 0 saturated heterocycles. The predicted molar refractivity (Wildman–Crippen MR) is 74.5 cm³/mol. The molecule has 0 spiro atoms. The summed E-state index contributed by atoms with van der Waals surface area (Å²) in [6.07, 6.45) is 2.36. The van der Waals surface area contributed by atoms with Crippen LogP contribution in [0.1, 0.15) is 40.7 Å². The van der Waals surface area contributed by atoms with Gasteiger partial charge >= 0.3 is 0 Å². The molecule has 1 aliphatic heterocycles. The molecule has 1 fully saturated rings. The molecule has 0 atom stereocenters. The number of amides is 1. The van der Waals surface area contributed by atoms with Gasteiger partial charge in [-0.05, 0) is 43.9 Å². The van der Waals surface area contributed by atoms with Crippen LogP contribution in [0.3, 0.4) is 0 Å². The van der Waals surface area contributed by atoms with E-state index in [-0.39, 0.29) is 5.41 Å². The monoisotopic (exact) mass is 268 g/mol. The zero-order chi connectivity index (χ0) is 14.5. The van der Waals surface area contributed by atoms with Crippen LogP contribution in [0.2, 0.25) is 0 Å². The molecule has 3 rings (SSSR count). The van der Waals surface area contributed by atoms with Gasteiger partial charge in [0.05, 0.1) is 17.3 Å². The van der Waals surface area contributed by atoms with Crippen LogP contribution in [0.5, 0.6) is 0 Å². The number of carbonyl (C=O) groups excluding carboxylic acids is 2. The molecule has 1 amide bonds. The van der Waals surface area contributed by atoms with Crippen LogP contribution in [-0.2, 0) is 4.79 Å². The number of hydrogen-bond donors (Lipinski definition) is 0. The van der Waals surface area contributed by atoms with Gasteiger partial charge in [-0.1, -0.05) is 6.07 Å². The zero-order valence-corrected chi connectivity index (χ0v) is 11.7. The van der Waals surface area contributed by atoms with Gasteiger partial charge < -0.3 is 4.90 Å². The summed E-state index contributed by atoms with van der Waals surface area (Å²) in [6, 6.07) is 5.97. The maximum atomic E-state index is 12.2. The van der Waals surface area contributed by atoms with Crippen LogP contribution < -0.4 is 4.90 Å². The van der Waals surface area contributed by atoms with Crippen molar-refractivity contribution in [2.45, 2.75) is 33.1 Å². The number of fused-ring (bicyclic) bond motifs is 1. The molecule has 0 radical (unpaired) electrons. The van der Waals surface area contributed by atoms with E-state index in [0.717, 1.165) is 29.7 Å². The highest BCUT2D eigenvalue weighted by molar-refractivity contribution is 6.52. The normalized spacial score (nSPS) is 18.9. The van der Waals surface area contributed by atoms with Gasteiger partial charge in [0.1, 0.15) is 0 Å². The van der Waals surface area contributed by atoms with Crippen LogP contribution in [0.15, 0.2) is 12.1 Å². The number of carbonyl (C=O) groups is 2. The number of nitriles is 1. The molecule has 20 heavy (non-hydrogen) atoms. The molecule has 0 bridgehead atoms. The van der Waals surface area contributed by atoms with Crippen molar-refractivity contribution >= 4 is 17.4 Å². The quantitative estimate of drug-likeness (QED) is 0.791. The first-order chi connectivity index (χ1) is 9.47. The molecule has 4 heteroatoms. The van der Waals surface area contributed by atoms with Gasteiger partial charge in [0.15, 0.2) is 0 Å². The summed E-state index contributed by atoms with van der Waals surface area (Å²) < 4.78 is 0. The molecule has 1 aliphatic carbocycles. The fourth-order valence-electron chi connectivity index (χ4n) is 3.05. The molecule has 0 aromatic heterocycles. The molecule has 1 saturated carbocycles. The Balaban J connectivity index is 2.01. The van der Waals surface area contributed by atoms with Gasteiger partial charge in [-0.3, -0.25) is 9.59 Å². The van der Waals surface area contributed by atoms with Crippen molar-refractivity contribution in [2.75, 3.05) is 11.4 Å². The van der Waals surface area contributed by atoms with E-state index in [9.17, 15) is 9.59 Å². The number of ketones is 1. The van der Waals surface area contributed by atoms with Crippen LogP contribution in [0, 0.1) is 30.6 Å². The Morgan fingerprint density at radius 1 is 1.30 bits per heavy atom. The highest BCUT2D eigenvalue weighted by Crippen LogP contribution is 2.50. The van der Waals surface area contributed by atoms with Crippen molar-refractivity contribution in [3.8, 4) is 6.07 Å². The molecule has 4 nitrogen and oxygen atoms in total. The van der Waals surface area contributed by atoms with E-state index in [0.29, 0.717) is 18.5 Å². The van der Waals surface area contributed by atoms with Crippen molar-refractivity contribution in [2.24, 2.45) is 5.41 Å². The average molecular weight is 268 g/mol. The van der Waals surface area contributed by atoms with Crippen LogP contribution in [-0.4, -0.2) is 18.2 Å². The summed E-state index contributed by atoms with van der Waals surface area (Å²) in [5.74, 6) is -0.863. The average Bonchev–Trinajstić information content (AvgIpc) is 3.10. The van der Waals surface area contributed by atoms with Crippen LogP contribution in [0.4, 0.5) is 5.69 Å². The Morgan fingerprint density at radius 3 is 2.60 bits per heavy atom. The van der Waals surface area contributed by atoms with E-state index >= 15 is 0 Å². The lowest BCUT2D eigenvalue weighted by Gasteiger charge is -2.23. The smallest absolute Gasteiger partial charge is 0.299 e. The third-order valence-corrected chi connectivity index (χ3v) is 4.30. The highest BCUT2D eigenvalue weighted by atomic mass is 16.2. The molecule has 1 aromatic carbocycles. The summed E-state index contributed by atoms with van der Waals surface area (Å²) in [5.41, 5.74) is 3.10. The number of anilines is 1. The van der Waals surface area contributed by atoms with Crippen LogP contribution in [0.25, 0.3) is 0 Å². The molecule has 0 N–H and O–H groups in total. The Labute approximate surface area is 118 Å². The topological polar surface area (TPSA) is 61.2 Å². The second-order valence-corrected chi connectivity index (χ2v) is 6.03. The zero-order valence-electron chi connectivity index (χ0n) is 11.7. The van der Waals surface area contributed by atoms with Gasteiger partial charge in [0.2, 0.25) is 0 Å². The van der Waals surface area contributed by atoms with Gasteiger partial charge in [0, 0.05) is 18.4 Å². The van der Waals surface area contributed by atoms with E-state index in [4.69, 9.17) is 5.26 Å². The third-order valence-electron chi connectivity index (χ3n) is 4.30. The van der Waals surface area contributed by atoms with E-state index in [1.165, 1.54) is 0 Å². The molecule has 2 aliphatic rings. The lowest BCUT2D eigenvalue weighted by molar-refractivity contribution is -0.114. The molecule has 0 unspecified atom stereocenters. The second-order valence-electron chi connectivity index (χ2n) is 6.03. The largest absolute Gasteiger partial charge is 0.304 e. The Morgan fingerprint density at radius 2 is 2.00 bits per heavy atom. The predicted octanol–water partition coefficient (Wildman–Crippen LogP) is 2.53.